The standard InChI is InChI=1S/C10H9N5O4/c1-12-9(16)8-13-10(19-14-8)5-2-3-6(11)7(4-5)15(17)18/h2-4H,11H2,1H3,(H,12,16). The van der Waals surface area contributed by atoms with Crippen molar-refractivity contribution in [1.82, 2.24) is 15.5 Å². The lowest BCUT2D eigenvalue weighted by Gasteiger charge is -1.98. The number of carbonyl (C=O) groups is 1. The van der Waals surface area contributed by atoms with Crippen LogP contribution in [0.5, 0.6) is 0 Å². The molecule has 9 heteroatoms. The van der Waals surface area contributed by atoms with Crippen LogP contribution in [0.3, 0.4) is 0 Å². The van der Waals surface area contributed by atoms with E-state index in [0.717, 1.165) is 0 Å². The second-order valence-corrected chi connectivity index (χ2v) is 3.53. The zero-order chi connectivity index (χ0) is 14.0. The van der Waals surface area contributed by atoms with E-state index in [9.17, 15) is 14.9 Å². The summed E-state index contributed by atoms with van der Waals surface area (Å²) >= 11 is 0. The number of amides is 1. The topological polar surface area (TPSA) is 137 Å². The molecule has 1 aromatic carbocycles. The van der Waals surface area contributed by atoms with Gasteiger partial charge in [-0.25, -0.2) is 0 Å². The summed E-state index contributed by atoms with van der Waals surface area (Å²) in [6.07, 6.45) is 0. The highest BCUT2D eigenvalue weighted by Gasteiger charge is 2.18. The second kappa shape index (κ2) is 4.72. The Balaban J connectivity index is 2.42. The summed E-state index contributed by atoms with van der Waals surface area (Å²) in [6.45, 7) is 0. The highest BCUT2D eigenvalue weighted by atomic mass is 16.6. The summed E-state index contributed by atoms with van der Waals surface area (Å²) in [4.78, 5) is 25.2. The van der Waals surface area contributed by atoms with Gasteiger partial charge < -0.3 is 15.6 Å². The van der Waals surface area contributed by atoms with Crippen molar-refractivity contribution < 1.29 is 14.2 Å². The van der Waals surface area contributed by atoms with Gasteiger partial charge in [-0.15, -0.1) is 0 Å². The fourth-order valence-corrected chi connectivity index (χ4v) is 1.38. The normalized spacial score (nSPS) is 10.2. The molecule has 1 heterocycles. The zero-order valence-electron chi connectivity index (χ0n) is 9.78. The highest BCUT2D eigenvalue weighted by molar-refractivity contribution is 5.90. The number of carbonyl (C=O) groups excluding carboxylic acids is 1. The molecule has 1 aromatic heterocycles. The molecule has 0 bridgehead atoms. The van der Waals surface area contributed by atoms with E-state index in [2.05, 4.69) is 15.5 Å². The summed E-state index contributed by atoms with van der Waals surface area (Å²) < 4.78 is 4.86. The van der Waals surface area contributed by atoms with Crippen molar-refractivity contribution in [3.8, 4) is 11.5 Å². The van der Waals surface area contributed by atoms with Gasteiger partial charge in [0.2, 0.25) is 0 Å². The number of anilines is 1. The molecule has 0 radical (unpaired) electrons. The van der Waals surface area contributed by atoms with Gasteiger partial charge in [0, 0.05) is 18.7 Å². The lowest BCUT2D eigenvalue weighted by Crippen LogP contribution is -2.19. The van der Waals surface area contributed by atoms with Crippen molar-refractivity contribution in [3.63, 3.8) is 0 Å². The summed E-state index contributed by atoms with van der Waals surface area (Å²) in [6, 6.07) is 4.05. The number of nitro benzene ring substituents is 1. The SMILES string of the molecule is CNC(=O)c1noc(-c2ccc(N)c([N+](=O)[O-])c2)n1. The maximum atomic E-state index is 11.3. The van der Waals surface area contributed by atoms with Crippen molar-refractivity contribution in [2.75, 3.05) is 12.8 Å². The number of hydrogen-bond donors (Lipinski definition) is 2. The Hall–Kier alpha value is -2.97. The molecule has 0 spiro atoms. The first-order valence-electron chi connectivity index (χ1n) is 5.13. The van der Waals surface area contributed by atoms with Crippen LogP contribution in [0.1, 0.15) is 10.6 Å². The van der Waals surface area contributed by atoms with Crippen LogP contribution >= 0.6 is 0 Å². The van der Waals surface area contributed by atoms with E-state index in [1.165, 1.54) is 25.2 Å². The van der Waals surface area contributed by atoms with Crippen LogP contribution in [0.25, 0.3) is 11.5 Å². The van der Waals surface area contributed by atoms with Crippen molar-refractivity contribution in [3.05, 3.63) is 34.1 Å². The van der Waals surface area contributed by atoms with E-state index in [-0.39, 0.29) is 23.1 Å². The van der Waals surface area contributed by atoms with Crippen LogP contribution in [0.2, 0.25) is 0 Å². The number of rotatable bonds is 3. The highest BCUT2D eigenvalue weighted by Crippen LogP contribution is 2.27. The van der Waals surface area contributed by atoms with E-state index in [1.807, 2.05) is 0 Å². The van der Waals surface area contributed by atoms with Crippen molar-refractivity contribution in [2.24, 2.45) is 0 Å². The van der Waals surface area contributed by atoms with E-state index in [0.29, 0.717) is 5.56 Å². The largest absolute Gasteiger partial charge is 0.393 e. The number of nitrogens with zero attached hydrogens (tertiary/aromatic N) is 3. The molecule has 0 saturated carbocycles. The van der Waals surface area contributed by atoms with Gasteiger partial charge in [0.05, 0.1) is 4.92 Å². The van der Waals surface area contributed by atoms with Crippen LogP contribution < -0.4 is 11.1 Å². The van der Waals surface area contributed by atoms with Crippen molar-refractivity contribution >= 4 is 17.3 Å². The fraction of sp³-hybridized carbons (Fsp3) is 0.100. The molecule has 0 saturated heterocycles. The molecule has 0 atom stereocenters. The van der Waals surface area contributed by atoms with Crippen LogP contribution in [0.15, 0.2) is 22.7 Å². The lowest BCUT2D eigenvalue weighted by atomic mass is 10.2. The first-order valence-corrected chi connectivity index (χ1v) is 5.13. The van der Waals surface area contributed by atoms with Gasteiger partial charge in [-0.1, -0.05) is 5.16 Å². The minimum atomic E-state index is -0.616. The Morgan fingerprint density at radius 1 is 1.53 bits per heavy atom. The molecule has 19 heavy (non-hydrogen) atoms. The number of hydrogen-bond acceptors (Lipinski definition) is 7. The maximum absolute atomic E-state index is 11.3. The first-order chi connectivity index (χ1) is 9.02. The number of nitrogens with two attached hydrogens (primary N) is 1. The lowest BCUT2D eigenvalue weighted by molar-refractivity contribution is -0.383. The maximum Gasteiger partial charge on any atom is 0.292 e. The van der Waals surface area contributed by atoms with Gasteiger partial charge in [0.15, 0.2) is 0 Å². The number of nitrogens with one attached hydrogen (secondary N) is 1. The van der Waals surface area contributed by atoms with E-state index >= 15 is 0 Å². The smallest absolute Gasteiger partial charge is 0.292 e. The van der Waals surface area contributed by atoms with Crippen molar-refractivity contribution in [2.45, 2.75) is 0 Å². The summed E-state index contributed by atoms with van der Waals surface area (Å²) in [7, 11) is 1.42. The molecule has 3 N–H and O–H groups in total. The Morgan fingerprint density at radius 3 is 2.89 bits per heavy atom. The molecule has 0 aliphatic heterocycles. The Bertz CT molecular complexity index is 651. The average molecular weight is 263 g/mol. The Kier molecular flexibility index (Phi) is 3.10. The molecule has 98 valence electrons. The van der Waals surface area contributed by atoms with Crippen molar-refractivity contribution in [1.29, 1.82) is 0 Å². The molecule has 0 fully saturated rings. The van der Waals surface area contributed by atoms with Gasteiger partial charge >= 0.3 is 0 Å². The van der Waals surface area contributed by atoms with Gasteiger partial charge in [-0.05, 0) is 12.1 Å². The summed E-state index contributed by atoms with van der Waals surface area (Å²) in [5, 5.41) is 16.6. The minimum absolute atomic E-state index is 0.00157. The molecule has 0 aliphatic rings. The number of nitrogen functional groups attached to an aromatic ring is 1. The average Bonchev–Trinajstić information content (AvgIpc) is 2.87. The second-order valence-electron chi connectivity index (χ2n) is 3.53. The molecule has 0 unspecified atom stereocenters. The van der Waals surface area contributed by atoms with E-state index < -0.39 is 10.8 Å². The van der Waals surface area contributed by atoms with Gasteiger partial charge in [0.25, 0.3) is 23.3 Å². The van der Waals surface area contributed by atoms with Gasteiger partial charge in [-0.3, -0.25) is 14.9 Å². The van der Waals surface area contributed by atoms with Crippen LogP contribution in [-0.2, 0) is 0 Å². The molecule has 1 amide bonds. The molecular weight excluding hydrogens is 254 g/mol. The predicted octanol–water partition coefficient (Wildman–Crippen LogP) is 0.587. The van der Waals surface area contributed by atoms with E-state index in [1.54, 1.807) is 0 Å². The Morgan fingerprint density at radius 2 is 2.26 bits per heavy atom. The third kappa shape index (κ3) is 2.34. The predicted molar refractivity (Wildman–Crippen MR) is 64.2 cm³/mol. The van der Waals surface area contributed by atoms with Crippen LogP contribution in [-0.4, -0.2) is 28.0 Å². The summed E-state index contributed by atoms with van der Waals surface area (Å²) in [5.74, 6) is -0.668. The third-order valence-electron chi connectivity index (χ3n) is 2.33. The first kappa shape index (κ1) is 12.5. The molecule has 2 rings (SSSR count). The molecule has 9 nitrogen and oxygen atoms in total. The molecule has 0 aliphatic carbocycles. The quantitative estimate of drug-likeness (QED) is 0.469. The zero-order valence-corrected chi connectivity index (χ0v) is 9.78. The number of aromatic nitrogens is 2. The van der Waals surface area contributed by atoms with E-state index in [4.69, 9.17) is 10.3 Å². The minimum Gasteiger partial charge on any atom is -0.393 e. The molecular formula is C10H9N5O4. The Labute approximate surface area is 106 Å². The number of benzene rings is 1. The summed E-state index contributed by atoms with van der Waals surface area (Å²) in [5.41, 5.74) is 5.54. The third-order valence-corrected chi connectivity index (χ3v) is 2.33. The number of nitro groups is 1. The fourth-order valence-electron chi connectivity index (χ4n) is 1.38. The van der Waals surface area contributed by atoms with Crippen LogP contribution in [0, 0.1) is 10.1 Å². The monoisotopic (exact) mass is 263 g/mol. The van der Waals surface area contributed by atoms with Crippen LogP contribution in [0.4, 0.5) is 11.4 Å². The van der Waals surface area contributed by atoms with Gasteiger partial charge in [-0.2, -0.15) is 4.98 Å². The van der Waals surface area contributed by atoms with Gasteiger partial charge in [0.1, 0.15) is 5.69 Å². The molecule has 2 aromatic rings.